The molecule has 1 aliphatic heterocycles. The Balaban J connectivity index is 2.03. The van der Waals surface area contributed by atoms with Gasteiger partial charge in [-0.3, -0.25) is 4.79 Å². The van der Waals surface area contributed by atoms with Crippen molar-refractivity contribution in [1.82, 2.24) is 0 Å². The Kier molecular flexibility index (Phi) is 2.83. The van der Waals surface area contributed by atoms with Gasteiger partial charge in [-0.2, -0.15) is 0 Å². The van der Waals surface area contributed by atoms with Crippen molar-refractivity contribution in [1.29, 1.82) is 0 Å². The molecule has 4 rings (SSSR count). The molecule has 1 heterocycles. The molecule has 3 aromatic rings. The van der Waals surface area contributed by atoms with Gasteiger partial charge in [-0.1, -0.05) is 35.9 Å². The molecule has 0 radical (unpaired) electrons. The Morgan fingerprint density at radius 1 is 0.913 bits per heavy atom. The Hall–Kier alpha value is -2.66. The maximum atomic E-state index is 13.0. The Morgan fingerprint density at radius 2 is 1.65 bits per heavy atom. The van der Waals surface area contributed by atoms with Crippen LogP contribution in [0.3, 0.4) is 0 Å². The molecule has 0 spiro atoms. The molecular formula is C18H13NO3S. The topological polar surface area (TPSA) is 63.2 Å². The van der Waals surface area contributed by atoms with Crippen molar-refractivity contribution in [3.8, 4) is 0 Å². The quantitative estimate of drug-likeness (QED) is 0.784. The molecule has 5 heteroatoms. The summed E-state index contributed by atoms with van der Waals surface area (Å²) >= 11 is 0. The lowest BCUT2D eigenvalue weighted by Crippen LogP contribution is -2.11. The van der Waals surface area contributed by atoms with E-state index in [1.807, 2.05) is 19.1 Å². The van der Waals surface area contributed by atoms with Crippen LogP contribution in [0.15, 0.2) is 64.4 Å². The third-order valence-electron chi connectivity index (χ3n) is 4.10. The van der Waals surface area contributed by atoms with Crippen molar-refractivity contribution in [2.45, 2.75) is 16.7 Å². The zero-order chi connectivity index (χ0) is 16.2. The van der Waals surface area contributed by atoms with Gasteiger partial charge in [0.1, 0.15) is 0 Å². The second-order valence-electron chi connectivity index (χ2n) is 5.61. The van der Waals surface area contributed by atoms with Crippen molar-refractivity contribution >= 4 is 32.2 Å². The van der Waals surface area contributed by atoms with Gasteiger partial charge in [0, 0.05) is 11.1 Å². The van der Waals surface area contributed by atoms with E-state index >= 15 is 0 Å². The van der Waals surface area contributed by atoms with Crippen LogP contribution in [0.5, 0.6) is 0 Å². The van der Waals surface area contributed by atoms with Crippen molar-refractivity contribution < 1.29 is 13.2 Å². The number of carbonyl (C=O) groups excluding carboxylic acids is 1. The fourth-order valence-corrected chi connectivity index (χ4v) is 4.40. The first kappa shape index (κ1) is 14.0. The molecule has 0 aromatic heterocycles. The van der Waals surface area contributed by atoms with Crippen LogP contribution in [0.2, 0.25) is 0 Å². The lowest BCUT2D eigenvalue weighted by Gasteiger charge is -2.09. The molecule has 1 amide bonds. The monoisotopic (exact) mass is 323 g/mol. The maximum Gasteiger partial charge on any atom is 0.257 e. The van der Waals surface area contributed by atoms with Crippen molar-refractivity contribution in [3.63, 3.8) is 0 Å². The predicted octanol–water partition coefficient (Wildman–Crippen LogP) is 3.55. The van der Waals surface area contributed by atoms with Crippen molar-refractivity contribution in [3.05, 3.63) is 65.7 Å². The van der Waals surface area contributed by atoms with E-state index in [-0.39, 0.29) is 21.3 Å². The second kappa shape index (κ2) is 4.67. The van der Waals surface area contributed by atoms with Gasteiger partial charge in [0.05, 0.1) is 15.4 Å². The molecule has 0 saturated carbocycles. The summed E-state index contributed by atoms with van der Waals surface area (Å²) in [6.45, 7) is 1.89. The van der Waals surface area contributed by atoms with Gasteiger partial charge in [-0.05, 0) is 36.6 Å². The minimum absolute atomic E-state index is 0.0521. The van der Waals surface area contributed by atoms with Crippen molar-refractivity contribution in [2.75, 3.05) is 5.32 Å². The molecule has 0 fully saturated rings. The lowest BCUT2D eigenvalue weighted by atomic mass is 10.1. The number of aryl methyl sites for hydroxylation is 1. The number of anilines is 1. The summed E-state index contributed by atoms with van der Waals surface area (Å²) < 4.78 is 25.9. The summed E-state index contributed by atoms with van der Waals surface area (Å²) in [6, 6.07) is 15.4. The third-order valence-corrected chi connectivity index (χ3v) is 5.92. The first-order chi connectivity index (χ1) is 11.0. The fraction of sp³-hybridized carbons (Fsp3) is 0.0556. The minimum Gasteiger partial charge on any atom is -0.321 e. The third kappa shape index (κ3) is 1.97. The van der Waals surface area contributed by atoms with Crippen LogP contribution >= 0.6 is 0 Å². The molecule has 1 aliphatic rings. The minimum atomic E-state index is -3.75. The predicted molar refractivity (Wildman–Crippen MR) is 88.5 cm³/mol. The zero-order valence-electron chi connectivity index (χ0n) is 12.3. The fourth-order valence-electron chi connectivity index (χ4n) is 2.94. The number of hydrogen-bond acceptors (Lipinski definition) is 3. The summed E-state index contributed by atoms with van der Waals surface area (Å²) in [5.74, 6) is -0.373. The molecule has 0 bridgehead atoms. The summed E-state index contributed by atoms with van der Waals surface area (Å²) in [6.07, 6.45) is 0. The van der Waals surface area contributed by atoms with Crippen LogP contribution in [-0.4, -0.2) is 14.3 Å². The van der Waals surface area contributed by atoms with Gasteiger partial charge in [-0.15, -0.1) is 0 Å². The average molecular weight is 323 g/mol. The van der Waals surface area contributed by atoms with Gasteiger partial charge in [-0.25, -0.2) is 8.42 Å². The number of sulfone groups is 1. The van der Waals surface area contributed by atoms with Gasteiger partial charge < -0.3 is 5.32 Å². The standard InChI is InChI=1S/C18H13NO3S/c1-11-5-8-13(9-6-11)23(21,22)15-10-7-12-3-2-4-14-16(12)17(15)18(20)19-14/h2-10H,1H3,(H,19,20). The highest BCUT2D eigenvalue weighted by Gasteiger charge is 2.31. The molecule has 0 unspecified atom stereocenters. The number of hydrogen-bond donors (Lipinski definition) is 1. The Morgan fingerprint density at radius 3 is 2.39 bits per heavy atom. The highest BCUT2D eigenvalue weighted by atomic mass is 32.2. The average Bonchev–Trinajstić information content (AvgIpc) is 2.87. The molecule has 114 valence electrons. The van der Waals surface area contributed by atoms with Crippen LogP contribution in [0.25, 0.3) is 10.8 Å². The van der Waals surface area contributed by atoms with Gasteiger partial charge in [0.2, 0.25) is 9.84 Å². The van der Waals surface area contributed by atoms with E-state index < -0.39 is 9.84 Å². The van der Waals surface area contributed by atoms with E-state index in [4.69, 9.17) is 0 Å². The molecular weight excluding hydrogens is 310 g/mol. The van der Waals surface area contributed by atoms with Gasteiger partial charge in [0.15, 0.2) is 0 Å². The van der Waals surface area contributed by atoms with Crippen LogP contribution in [0.1, 0.15) is 15.9 Å². The number of rotatable bonds is 2. The van der Waals surface area contributed by atoms with Crippen LogP contribution in [0.4, 0.5) is 5.69 Å². The molecule has 23 heavy (non-hydrogen) atoms. The lowest BCUT2D eigenvalue weighted by molar-refractivity contribution is 0.102. The summed E-state index contributed by atoms with van der Waals surface area (Å²) in [4.78, 5) is 12.6. The van der Waals surface area contributed by atoms with E-state index in [1.54, 1.807) is 36.4 Å². The van der Waals surface area contributed by atoms with Crippen LogP contribution < -0.4 is 5.32 Å². The number of benzene rings is 3. The first-order valence-electron chi connectivity index (χ1n) is 7.17. The Bertz CT molecular complexity index is 1070. The maximum absolute atomic E-state index is 13.0. The summed E-state index contributed by atoms with van der Waals surface area (Å²) in [5, 5.41) is 4.26. The molecule has 0 saturated heterocycles. The molecule has 4 nitrogen and oxygen atoms in total. The number of nitrogens with one attached hydrogen (secondary N) is 1. The smallest absolute Gasteiger partial charge is 0.257 e. The van der Waals surface area contributed by atoms with E-state index in [1.165, 1.54) is 6.07 Å². The number of carbonyl (C=O) groups is 1. The normalized spacial score (nSPS) is 13.3. The largest absolute Gasteiger partial charge is 0.321 e. The van der Waals surface area contributed by atoms with Crippen molar-refractivity contribution in [2.24, 2.45) is 0 Å². The van der Waals surface area contributed by atoms with E-state index in [9.17, 15) is 13.2 Å². The number of amides is 1. The van der Waals surface area contributed by atoms with Crippen LogP contribution in [-0.2, 0) is 9.84 Å². The highest BCUT2D eigenvalue weighted by molar-refractivity contribution is 7.91. The van der Waals surface area contributed by atoms with E-state index in [2.05, 4.69) is 5.32 Å². The SMILES string of the molecule is Cc1ccc(S(=O)(=O)c2ccc3cccc4c3c2C(=O)N4)cc1. The molecule has 0 aliphatic carbocycles. The Labute approximate surface area is 133 Å². The zero-order valence-corrected chi connectivity index (χ0v) is 13.1. The summed E-state index contributed by atoms with van der Waals surface area (Å²) in [7, 11) is -3.75. The molecule has 1 N–H and O–H groups in total. The van der Waals surface area contributed by atoms with E-state index in [0.717, 1.165) is 10.9 Å². The second-order valence-corrected chi connectivity index (χ2v) is 7.53. The highest BCUT2D eigenvalue weighted by Crippen LogP contribution is 2.38. The van der Waals surface area contributed by atoms with Gasteiger partial charge in [0.25, 0.3) is 5.91 Å². The molecule has 0 atom stereocenters. The van der Waals surface area contributed by atoms with Crippen LogP contribution in [0, 0.1) is 6.92 Å². The summed E-state index contributed by atoms with van der Waals surface area (Å²) in [5.41, 5.74) is 1.87. The van der Waals surface area contributed by atoms with Gasteiger partial charge >= 0.3 is 0 Å². The molecule has 3 aromatic carbocycles. The first-order valence-corrected chi connectivity index (χ1v) is 8.65. The van der Waals surface area contributed by atoms with E-state index in [0.29, 0.717) is 11.1 Å².